The van der Waals surface area contributed by atoms with Gasteiger partial charge in [0, 0.05) is 10.9 Å². The summed E-state index contributed by atoms with van der Waals surface area (Å²) in [6.45, 7) is -0.905. The standard InChI is InChI=1S/C20H16FN3O4/c21-13-7-5-12(6-8-13)17-9-15(14-3-1-2-4-16(14)24-17)20(27)28-11-19(26)23-10-18(22)25/h1-9H,10-11H2,(H2,22,25)(H,23,26). The third kappa shape index (κ3) is 4.47. The van der Waals surface area contributed by atoms with Crippen molar-refractivity contribution in [1.82, 2.24) is 10.3 Å². The van der Waals surface area contributed by atoms with E-state index in [4.69, 9.17) is 10.5 Å². The first-order valence-corrected chi connectivity index (χ1v) is 8.32. The van der Waals surface area contributed by atoms with Crippen LogP contribution in [0.15, 0.2) is 54.6 Å². The number of rotatable bonds is 6. The Kier molecular flexibility index (Phi) is 5.59. The number of nitrogens with one attached hydrogen (secondary N) is 1. The van der Waals surface area contributed by atoms with Gasteiger partial charge < -0.3 is 15.8 Å². The van der Waals surface area contributed by atoms with Crippen LogP contribution < -0.4 is 11.1 Å². The Bertz CT molecular complexity index is 1050. The Morgan fingerprint density at radius 2 is 1.79 bits per heavy atom. The van der Waals surface area contributed by atoms with Gasteiger partial charge in [0.25, 0.3) is 5.91 Å². The topological polar surface area (TPSA) is 111 Å². The van der Waals surface area contributed by atoms with Crippen LogP contribution in [0, 0.1) is 5.82 Å². The van der Waals surface area contributed by atoms with Gasteiger partial charge in [0.1, 0.15) is 5.82 Å². The van der Waals surface area contributed by atoms with Crippen molar-refractivity contribution in [2.24, 2.45) is 5.73 Å². The molecule has 0 aliphatic heterocycles. The van der Waals surface area contributed by atoms with E-state index in [0.717, 1.165) is 0 Å². The Morgan fingerprint density at radius 3 is 2.50 bits per heavy atom. The number of hydrogen-bond acceptors (Lipinski definition) is 5. The predicted octanol–water partition coefficient (Wildman–Crippen LogP) is 1.80. The van der Waals surface area contributed by atoms with Crippen LogP contribution >= 0.6 is 0 Å². The molecule has 0 aliphatic rings. The molecular weight excluding hydrogens is 365 g/mol. The molecule has 0 radical (unpaired) electrons. The zero-order valence-electron chi connectivity index (χ0n) is 14.6. The maximum absolute atomic E-state index is 13.2. The van der Waals surface area contributed by atoms with Gasteiger partial charge >= 0.3 is 5.97 Å². The van der Waals surface area contributed by atoms with Crippen molar-refractivity contribution in [2.75, 3.05) is 13.2 Å². The minimum atomic E-state index is -0.726. The summed E-state index contributed by atoms with van der Waals surface area (Å²) in [5, 5.41) is 2.78. The number of nitrogens with zero attached hydrogens (tertiary/aromatic N) is 1. The highest BCUT2D eigenvalue weighted by molar-refractivity contribution is 6.05. The fourth-order valence-corrected chi connectivity index (χ4v) is 2.56. The SMILES string of the molecule is NC(=O)CNC(=O)COC(=O)c1cc(-c2ccc(F)cc2)nc2ccccc12. The van der Waals surface area contributed by atoms with Gasteiger partial charge in [-0.25, -0.2) is 14.2 Å². The number of carbonyl (C=O) groups is 3. The Hall–Kier alpha value is -3.81. The van der Waals surface area contributed by atoms with E-state index in [-0.39, 0.29) is 17.9 Å². The van der Waals surface area contributed by atoms with E-state index in [0.29, 0.717) is 22.2 Å². The predicted molar refractivity (Wildman–Crippen MR) is 99.6 cm³/mol. The number of nitrogens with two attached hydrogens (primary N) is 1. The number of esters is 1. The highest BCUT2D eigenvalue weighted by atomic mass is 19.1. The lowest BCUT2D eigenvalue weighted by Gasteiger charge is -2.10. The number of carbonyl (C=O) groups excluding carboxylic acids is 3. The second-order valence-corrected chi connectivity index (χ2v) is 5.90. The van der Waals surface area contributed by atoms with E-state index < -0.39 is 24.4 Å². The minimum Gasteiger partial charge on any atom is -0.452 e. The van der Waals surface area contributed by atoms with Gasteiger partial charge in [0.2, 0.25) is 5.91 Å². The van der Waals surface area contributed by atoms with E-state index in [2.05, 4.69) is 10.3 Å². The number of hydrogen-bond donors (Lipinski definition) is 2. The lowest BCUT2D eigenvalue weighted by Crippen LogP contribution is -2.36. The van der Waals surface area contributed by atoms with Crippen LogP contribution in [-0.2, 0) is 14.3 Å². The molecule has 3 aromatic rings. The number of pyridine rings is 1. The molecule has 7 nitrogen and oxygen atoms in total. The third-order valence-electron chi connectivity index (χ3n) is 3.87. The molecule has 1 aromatic heterocycles. The van der Waals surface area contributed by atoms with Crippen molar-refractivity contribution < 1.29 is 23.5 Å². The molecule has 3 N–H and O–H groups in total. The van der Waals surface area contributed by atoms with E-state index in [1.807, 2.05) is 0 Å². The minimum absolute atomic E-state index is 0.215. The van der Waals surface area contributed by atoms with Gasteiger partial charge in [-0.2, -0.15) is 0 Å². The van der Waals surface area contributed by atoms with Crippen LogP contribution in [0.2, 0.25) is 0 Å². The molecule has 1 heterocycles. The summed E-state index contributed by atoms with van der Waals surface area (Å²) < 4.78 is 18.2. The molecule has 2 aromatic carbocycles. The molecule has 0 unspecified atom stereocenters. The van der Waals surface area contributed by atoms with Crippen LogP contribution in [0.4, 0.5) is 4.39 Å². The average Bonchev–Trinajstić information content (AvgIpc) is 2.70. The molecule has 0 saturated heterocycles. The average molecular weight is 381 g/mol. The van der Waals surface area contributed by atoms with E-state index in [1.54, 1.807) is 36.4 Å². The summed E-state index contributed by atoms with van der Waals surface area (Å²) >= 11 is 0. The lowest BCUT2D eigenvalue weighted by atomic mass is 10.0. The first kappa shape index (κ1) is 19.0. The zero-order chi connectivity index (χ0) is 20.1. The normalized spacial score (nSPS) is 10.5. The third-order valence-corrected chi connectivity index (χ3v) is 3.87. The second kappa shape index (κ2) is 8.26. The fraction of sp³-hybridized carbons (Fsp3) is 0.100. The van der Waals surface area contributed by atoms with Crippen LogP contribution in [0.25, 0.3) is 22.2 Å². The Balaban J connectivity index is 1.88. The second-order valence-electron chi connectivity index (χ2n) is 5.90. The quantitative estimate of drug-likeness (QED) is 0.633. The van der Waals surface area contributed by atoms with Crippen molar-refractivity contribution in [2.45, 2.75) is 0 Å². The number of amides is 2. The van der Waals surface area contributed by atoms with Gasteiger partial charge in [0.05, 0.1) is 23.3 Å². The van der Waals surface area contributed by atoms with Crippen molar-refractivity contribution in [3.63, 3.8) is 0 Å². The smallest absolute Gasteiger partial charge is 0.339 e. The first-order valence-electron chi connectivity index (χ1n) is 8.32. The summed E-state index contributed by atoms with van der Waals surface area (Å²) in [4.78, 5) is 39.4. The molecule has 2 amide bonds. The Labute approximate surface area is 159 Å². The number of para-hydroxylation sites is 1. The molecular formula is C20H16FN3O4. The summed E-state index contributed by atoms with van der Waals surface area (Å²) in [5.41, 5.74) is 6.79. The van der Waals surface area contributed by atoms with Gasteiger partial charge in [-0.15, -0.1) is 0 Å². The van der Waals surface area contributed by atoms with Crippen LogP contribution in [-0.4, -0.2) is 35.9 Å². The fourth-order valence-electron chi connectivity index (χ4n) is 2.56. The van der Waals surface area contributed by atoms with Crippen LogP contribution in [0.5, 0.6) is 0 Å². The Morgan fingerprint density at radius 1 is 1.07 bits per heavy atom. The molecule has 0 fully saturated rings. The summed E-state index contributed by atoms with van der Waals surface area (Å²) in [7, 11) is 0. The largest absolute Gasteiger partial charge is 0.452 e. The van der Waals surface area contributed by atoms with Gasteiger partial charge in [-0.3, -0.25) is 9.59 Å². The van der Waals surface area contributed by atoms with Gasteiger partial charge in [-0.05, 0) is 36.4 Å². The molecule has 28 heavy (non-hydrogen) atoms. The molecule has 8 heteroatoms. The van der Waals surface area contributed by atoms with E-state index in [1.165, 1.54) is 18.2 Å². The number of benzene rings is 2. The van der Waals surface area contributed by atoms with E-state index >= 15 is 0 Å². The number of aromatic nitrogens is 1. The summed E-state index contributed by atoms with van der Waals surface area (Å²) in [6, 6.07) is 14.2. The highest BCUT2D eigenvalue weighted by Crippen LogP contribution is 2.25. The molecule has 3 rings (SSSR count). The molecule has 0 atom stereocenters. The highest BCUT2D eigenvalue weighted by Gasteiger charge is 2.16. The van der Waals surface area contributed by atoms with Crippen LogP contribution in [0.3, 0.4) is 0 Å². The monoisotopic (exact) mass is 381 g/mol. The van der Waals surface area contributed by atoms with Crippen molar-refractivity contribution in [3.05, 3.63) is 66.0 Å². The maximum atomic E-state index is 13.2. The van der Waals surface area contributed by atoms with E-state index in [9.17, 15) is 18.8 Å². The van der Waals surface area contributed by atoms with Gasteiger partial charge in [-0.1, -0.05) is 18.2 Å². The number of ether oxygens (including phenoxy) is 1. The first-order chi connectivity index (χ1) is 13.4. The molecule has 142 valence electrons. The van der Waals surface area contributed by atoms with Crippen molar-refractivity contribution in [1.29, 1.82) is 0 Å². The molecule has 0 aliphatic carbocycles. The summed E-state index contributed by atoms with van der Waals surface area (Å²) in [5.74, 6) is -2.46. The van der Waals surface area contributed by atoms with Crippen molar-refractivity contribution in [3.8, 4) is 11.3 Å². The van der Waals surface area contributed by atoms with Gasteiger partial charge in [0.15, 0.2) is 6.61 Å². The number of halogens is 1. The zero-order valence-corrected chi connectivity index (χ0v) is 14.6. The number of primary amides is 1. The van der Waals surface area contributed by atoms with Crippen LogP contribution in [0.1, 0.15) is 10.4 Å². The molecule has 0 spiro atoms. The summed E-state index contributed by atoms with van der Waals surface area (Å²) in [6.07, 6.45) is 0. The van der Waals surface area contributed by atoms with Crippen molar-refractivity contribution >= 4 is 28.7 Å². The molecule has 0 saturated carbocycles. The lowest BCUT2D eigenvalue weighted by molar-refractivity contribution is -0.127. The number of fused-ring (bicyclic) bond motifs is 1. The maximum Gasteiger partial charge on any atom is 0.339 e. The molecule has 0 bridgehead atoms.